The Morgan fingerprint density at radius 3 is 2.60 bits per heavy atom. The summed E-state index contributed by atoms with van der Waals surface area (Å²) in [6, 6.07) is 5.28. The maximum absolute atomic E-state index is 9.79. The third-order valence-corrected chi connectivity index (χ3v) is 2.72. The molecule has 15 heavy (non-hydrogen) atoms. The van der Waals surface area contributed by atoms with Gasteiger partial charge in [-0.25, -0.2) is 0 Å². The second-order valence-corrected chi connectivity index (χ2v) is 3.99. The molecule has 0 heterocycles. The minimum Gasteiger partial charge on any atom is -0.389 e. The number of halogens is 1. The predicted octanol–water partition coefficient (Wildman–Crippen LogP) is 1.26. The molecule has 0 saturated carbocycles. The van der Waals surface area contributed by atoms with E-state index < -0.39 is 12.2 Å². The number of nitrogens with one attached hydrogen (secondary N) is 1. The molecule has 1 rings (SSSR count). The van der Waals surface area contributed by atoms with Gasteiger partial charge in [0, 0.05) is 11.6 Å². The number of rotatable bonds is 4. The zero-order chi connectivity index (χ0) is 11.4. The SMILES string of the molecule is CNCC(O)C(O)c1ccc(C)c(Cl)c1. The Hall–Kier alpha value is -0.610. The molecule has 2 atom stereocenters. The summed E-state index contributed by atoms with van der Waals surface area (Å²) < 4.78 is 0. The zero-order valence-corrected chi connectivity index (χ0v) is 9.62. The van der Waals surface area contributed by atoms with Crippen molar-refractivity contribution in [2.24, 2.45) is 0 Å². The average Bonchev–Trinajstić information content (AvgIpc) is 2.21. The fourth-order valence-electron chi connectivity index (χ4n) is 1.34. The van der Waals surface area contributed by atoms with Gasteiger partial charge in [-0.15, -0.1) is 0 Å². The molecule has 0 aliphatic rings. The Labute approximate surface area is 94.7 Å². The fourth-order valence-corrected chi connectivity index (χ4v) is 1.52. The van der Waals surface area contributed by atoms with Crippen LogP contribution in [0.3, 0.4) is 0 Å². The van der Waals surface area contributed by atoms with Crippen molar-refractivity contribution in [3.05, 3.63) is 34.3 Å². The number of hydrogen-bond acceptors (Lipinski definition) is 3. The van der Waals surface area contributed by atoms with Crippen LogP contribution in [0.5, 0.6) is 0 Å². The molecule has 0 amide bonds. The normalized spacial score (nSPS) is 15.0. The van der Waals surface area contributed by atoms with E-state index in [0.717, 1.165) is 5.56 Å². The molecule has 84 valence electrons. The Kier molecular flexibility index (Phi) is 4.54. The number of benzene rings is 1. The lowest BCUT2D eigenvalue weighted by Gasteiger charge is -2.18. The first kappa shape index (κ1) is 12.5. The summed E-state index contributed by atoms with van der Waals surface area (Å²) >= 11 is 5.93. The van der Waals surface area contributed by atoms with Crippen LogP contribution in [0.25, 0.3) is 0 Å². The molecule has 0 aliphatic carbocycles. The first-order valence-electron chi connectivity index (χ1n) is 4.83. The largest absolute Gasteiger partial charge is 0.389 e. The molecule has 1 aromatic carbocycles. The number of aryl methyl sites for hydroxylation is 1. The lowest BCUT2D eigenvalue weighted by atomic mass is 10.0. The van der Waals surface area contributed by atoms with Crippen molar-refractivity contribution in [3.63, 3.8) is 0 Å². The van der Waals surface area contributed by atoms with Crippen molar-refractivity contribution in [3.8, 4) is 0 Å². The van der Waals surface area contributed by atoms with Gasteiger partial charge in [0.25, 0.3) is 0 Å². The molecule has 0 aliphatic heterocycles. The van der Waals surface area contributed by atoms with E-state index in [1.807, 2.05) is 13.0 Å². The molecular formula is C11H16ClNO2. The van der Waals surface area contributed by atoms with Crippen molar-refractivity contribution < 1.29 is 10.2 Å². The van der Waals surface area contributed by atoms with Crippen molar-refractivity contribution >= 4 is 11.6 Å². The minimum absolute atomic E-state index is 0.340. The first-order valence-corrected chi connectivity index (χ1v) is 5.21. The molecule has 0 spiro atoms. The van der Waals surface area contributed by atoms with Crippen molar-refractivity contribution in [1.82, 2.24) is 5.32 Å². The van der Waals surface area contributed by atoms with Crippen LogP contribution in [-0.2, 0) is 0 Å². The van der Waals surface area contributed by atoms with Crippen LogP contribution >= 0.6 is 11.6 Å². The van der Waals surface area contributed by atoms with Crippen LogP contribution < -0.4 is 5.32 Å². The fraction of sp³-hybridized carbons (Fsp3) is 0.455. The highest BCUT2D eigenvalue weighted by molar-refractivity contribution is 6.31. The highest BCUT2D eigenvalue weighted by Crippen LogP contribution is 2.23. The summed E-state index contributed by atoms with van der Waals surface area (Å²) in [6.07, 6.45) is -1.73. The highest BCUT2D eigenvalue weighted by atomic mass is 35.5. The molecule has 4 heteroatoms. The summed E-state index contributed by atoms with van der Waals surface area (Å²) in [6.45, 7) is 2.23. The molecule has 3 nitrogen and oxygen atoms in total. The van der Waals surface area contributed by atoms with Crippen molar-refractivity contribution in [2.45, 2.75) is 19.1 Å². The Bertz CT molecular complexity index is 330. The quantitative estimate of drug-likeness (QED) is 0.729. The van der Waals surface area contributed by atoms with Gasteiger partial charge in [0.05, 0.1) is 6.10 Å². The standard InChI is InChI=1S/C11H16ClNO2/c1-7-3-4-8(5-9(7)12)11(15)10(14)6-13-2/h3-5,10-11,13-15H,6H2,1-2H3. The lowest BCUT2D eigenvalue weighted by Crippen LogP contribution is -2.29. The molecule has 3 N–H and O–H groups in total. The molecule has 0 saturated heterocycles. The van der Waals surface area contributed by atoms with Crippen LogP contribution in [0.1, 0.15) is 17.2 Å². The van der Waals surface area contributed by atoms with Crippen LogP contribution in [0.15, 0.2) is 18.2 Å². The number of aliphatic hydroxyl groups is 2. The van der Waals surface area contributed by atoms with E-state index in [0.29, 0.717) is 17.1 Å². The van der Waals surface area contributed by atoms with Gasteiger partial charge in [0.1, 0.15) is 6.10 Å². The van der Waals surface area contributed by atoms with Gasteiger partial charge in [0.2, 0.25) is 0 Å². The van der Waals surface area contributed by atoms with Crippen LogP contribution in [-0.4, -0.2) is 29.9 Å². The predicted molar refractivity (Wildman–Crippen MR) is 61.1 cm³/mol. The maximum atomic E-state index is 9.79. The number of aliphatic hydroxyl groups excluding tert-OH is 2. The summed E-state index contributed by atoms with van der Waals surface area (Å²) in [4.78, 5) is 0. The van der Waals surface area contributed by atoms with E-state index in [9.17, 15) is 10.2 Å². The monoisotopic (exact) mass is 229 g/mol. The Morgan fingerprint density at radius 1 is 1.40 bits per heavy atom. The topological polar surface area (TPSA) is 52.5 Å². The molecule has 0 bridgehead atoms. The number of likely N-dealkylation sites (N-methyl/N-ethyl adjacent to an activating group) is 1. The third-order valence-electron chi connectivity index (χ3n) is 2.32. The second kappa shape index (κ2) is 5.47. The van der Waals surface area contributed by atoms with Gasteiger partial charge >= 0.3 is 0 Å². The smallest absolute Gasteiger partial charge is 0.106 e. The van der Waals surface area contributed by atoms with E-state index in [-0.39, 0.29) is 0 Å². The second-order valence-electron chi connectivity index (χ2n) is 3.58. The zero-order valence-electron chi connectivity index (χ0n) is 8.87. The van der Waals surface area contributed by atoms with E-state index >= 15 is 0 Å². The van der Waals surface area contributed by atoms with E-state index in [1.54, 1.807) is 19.2 Å². The van der Waals surface area contributed by atoms with Crippen LogP contribution in [0.2, 0.25) is 5.02 Å². The van der Waals surface area contributed by atoms with Crippen LogP contribution in [0.4, 0.5) is 0 Å². The molecule has 0 radical (unpaired) electrons. The summed E-state index contributed by atoms with van der Waals surface area (Å²) in [5, 5.41) is 22.8. The summed E-state index contributed by atoms with van der Waals surface area (Å²) in [5.41, 5.74) is 1.59. The Balaban J connectivity index is 2.81. The van der Waals surface area contributed by atoms with Gasteiger partial charge in [-0.3, -0.25) is 0 Å². The molecular weight excluding hydrogens is 214 g/mol. The molecule has 1 aromatic rings. The van der Waals surface area contributed by atoms with Crippen molar-refractivity contribution in [2.75, 3.05) is 13.6 Å². The Morgan fingerprint density at radius 2 is 2.07 bits per heavy atom. The summed E-state index contributed by atoms with van der Waals surface area (Å²) in [5.74, 6) is 0. The van der Waals surface area contributed by atoms with Gasteiger partial charge in [-0.1, -0.05) is 23.7 Å². The lowest BCUT2D eigenvalue weighted by molar-refractivity contribution is 0.0202. The van der Waals surface area contributed by atoms with Crippen LogP contribution in [0, 0.1) is 6.92 Å². The van der Waals surface area contributed by atoms with Crippen molar-refractivity contribution in [1.29, 1.82) is 0 Å². The first-order chi connectivity index (χ1) is 7.06. The average molecular weight is 230 g/mol. The van der Waals surface area contributed by atoms with Gasteiger partial charge in [-0.2, -0.15) is 0 Å². The third kappa shape index (κ3) is 3.18. The highest BCUT2D eigenvalue weighted by Gasteiger charge is 2.17. The molecule has 0 fully saturated rings. The van der Waals surface area contributed by atoms with E-state index in [1.165, 1.54) is 0 Å². The van der Waals surface area contributed by atoms with E-state index in [2.05, 4.69) is 5.32 Å². The minimum atomic E-state index is -0.907. The van der Waals surface area contributed by atoms with Gasteiger partial charge in [0.15, 0.2) is 0 Å². The molecule has 2 unspecified atom stereocenters. The summed E-state index contributed by atoms with van der Waals surface area (Å²) in [7, 11) is 1.72. The van der Waals surface area contributed by atoms with Gasteiger partial charge < -0.3 is 15.5 Å². The molecule has 0 aromatic heterocycles. The number of hydrogen-bond donors (Lipinski definition) is 3. The maximum Gasteiger partial charge on any atom is 0.106 e. The van der Waals surface area contributed by atoms with Gasteiger partial charge in [-0.05, 0) is 31.2 Å². The van der Waals surface area contributed by atoms with E-state index in [4.69, 9.17) is 11.6 Å².